The van der Waals surface area contributed by atoms with Crippen LogP contribution < -0.4 is 16.4 Å². The Hall–Kier alpha value is -3.35. The van der Waals surface area contributed by atoms with Crippen LogP contribution in [0.15, 0.2) is 35.7 Å². The Balaban J connectivity index is 1.80. The molecule has 1 aliphatic heterocycles. The van der Waals surface area contributed by atoms with E-state index >= 15 is 0 Å². The number of hydrogen-bond acceptors (Lipinski definition) is 9. The Kier molecular flexibility index (Phi) is 16.3. The van der Waals surface area contributed by atoms with Gasteiger partial charge in [0.2, 0.25) is 11.8 Å². The van der Waals surface area contributed by atoms with Crippen LogP contribution in [0.5, 0.6) is 0 Å². The topological polar surface area (TPSA) is 147 Å². The SMILES string of the molecule is CCC(C)C(NC(=O)C1CCCCN1C)C(=O)N(C)C(CC(OC(C)=O)c1nc(C(=O)NC(Cc2ccccc2)CC(C)CN)cs1)C(C)C. The molecule has 2 aromatic rings. The number of likely N-dealkylation sites (N-methyl/N-ethyl adjacent to an activating group) is 2. The second kappa shape index (κ2) is 19.9. The maximum Gasteiger partial charge on any atom is 0.303 e. The lowest BCUT2D eigenvalue weighted by Crippen LogP contribution is -2.58. The van der Waals surface area contributed by atoms with E-state index in [4.69, 9.17) is 10.5 Å². The zero-order chi connectivity index (χ0) is 37.0. The van der Waals surface area contributed by atoms with Gasteiger partial charge in [0.1, 0.15) is 16.7 Å². The van der Waals surface area contributed by atoms with Crippen LogP contribution in [0.2, 0.25) is 0 Å². The molecule has 50 heavy (non-hydrogen) atoms. The first kappa shape index (κ1) is 41.1. The van der Waals surface area contributed by atoms with Gasteiger partial charge in [0.25, 0.3) is 5.91 Å². The number of hydrogen-bond donors (Lipinski definition) is 3. The fourth-order valence-corrected chi connectivity index (χ4v) is 7.53. The summed E-state index contributed by atoms with van der Waals surface area (Å²) in [5.41, 5.74) is 7.28. The third kappa shape index (κ3) is 11.9. The van der Waals surface area contributed by atoms with Crippen molar-refractivity contribution in [2.75, 3.05) is 27.2 Å². The summed E-state index contributed by atoms with van der Waals surface area (Å²) in [5, 5.41) is 8.43. The van der Waals surface area contributed by atoms with Gasteiger partial charge in [-0.05, 0) is 69.1 Å². The number of amides is 3. The lowest BCUT2D eigenvalue weighted by molar-refractivity contribution is -0.149. The van der Waals surface area contributed by atoms with Crippen molar-refractivity contribution in [2.45, 2.75) is 117 Å². The average molecular weight is 713 g/mol. The van der Waals surface area contributed by atoms with Crippen molar-refractivity contribution in [3.63, 3.8) is 0 Å². The van der Waals surface area contributed by atoms with Gasteiger partial charge in [0, 0.05) is 37.9 Å². The van der Waals surface area contributed by atoms with Gasteiger partial charge in [-0.1, -0.05) is 77.8 Å². The van der Waals surface area contributed by atoms with Crippen LogP contribution in [0.1, 0.15) is 107 Å². The summed E-state index contributed by atoms with van der Waals surface area (Å²) in [5.74, 6) is -0.950. The second-order valence-electron chi connectivity index (χ2n) is 14.5. The zero-order valence-electron chi connectivity index (χ0n) is 31.3. The molecule has 1 aliphatic rings. The molecule has 4 N–H and O–H groups in total. The predicted molar refractivity (Wildman–Crippen MR) is 199 cm³/mol. The van der Waals surface area contributed by atoms with Gasteiger partial charge in [-0.15, -0.1) is 11.3 Å². The molecule has 12 heteroatoms. The van der Waals surface area contributed by atoms with E-state index in [2.05, 4.69) is 27.4 Å². The highest BCUT2D eigenvalue weighted by atomic mass is 32.1. The van der Waals surface area contributed by atoms with Crippen LogP contribution >= 0.6 is 11.3 Å². The summed E-state index contributed by atoms with van der Waals surface area (Å²) >= 11 is 1.26. The lowest BCUT2D eigenvalue weighted by atomic mass is 9.92. The molecule has 1 fully saturated rings. The molecule has 2 heterocycles. The molecule has 7 unspecified atom stereocenters. The van der Waals surface area contributed by atoms with E-state index in [0.29, 0.717) is 18.0 Å². The third-order valence-electron chi connectivity index (χ3n) is 10.0. The Labute approximate surface area is 303 Å². The predicted octanol–water partition coefficient (Wildman–Crippen LogP) is 4.96. The van der Waals surface area contributed by atoms with Gasteiger partial charge in [-0.2, -0.15) is 0 Å². The van der Waals surface area contributed by atoms with Gasteiger partial charge in [0.05, 0.1) is 6.04 Å². The standard InChI is InChI=1S/C38H60N6O5S/c1-9-26(5)34(42-36(47)31-17-13-14-18-43(31)7)38(48)44(8)32(24(2)3)21-33(49-27(6)45)37-41-30(23-50-37)35(46)40-29(19-25(4)22-39)20-28-15-11-10-12-16-28/h10-12,15-16,23-26,29,31-34H,9,13-14,17-22,39H2,1-8H3,(H,40,46)(H,42,47). The van der Waals surface area contributed by atoms with Crippen molar-refractivity contribution in [3.05, 3.63) is 52.0 Å². The monoisotopic (exact) mass is 712 g/mol. The van der Waals surface area contributed by atoms with Crippen LogP contribution in [0.4, 0.5) is 0 Å². The number of ether oxygens (including phenoxy) is 1. The maximum atomic E-state index is 14.2. The minimum absolute atomic E-state index is 0.00854. The van der Waals surface area contributed by atoms with E-state index in [0.717, 1.165) is 44.2 Å². The number of carbonyl (C=O) groups is 4. The highest BCUT2D eigenvalue weighted by Crippen LogP contribution is 2.31. The minimum atomic E-state index is -0.772. The number of rotatable bonds is 18. The van der Waals surface area contributed by atoms with Gasteiger partial charge in [0.15, 0.2) is 6.10 Å². The molecule has 7 atom stereocenters. The molecule has 0 radical (unpaired) electrons. The van der Waals surface area contributed by atoms with Crippen molar-refractivity contribution in [1.82, 2.24) is 25.4 Å². The molecule has 0 saturated carbocycles. The van der Waals surface area contributed by atoms with E-state index in [-0.39, 0.29) is 65.7 Å². The Morgan fingerprint density at radius 2 is 1.78 bits per heavy atom. The number of likely N-dealkylation sites (tertiary alicyclic amines) is 1. The fourth-order valence-electron chi connectivity index (χ4n) is 6.69. The molecular weight excluding hydrogens is 653 g/mol. The average Bonchev–Trinajstić information content (AvgIpc) is 3.59. The zero-order valence-corrected chi connectivity index (χ0v) is 32.1. The molecule has 1 saturated heterocycles. The maximum absolute atomic E-state index is 14.2. The highest BCUT2D eigenvalue weighted by Gasteiger charge is 2.37. The summed E-state index contributed by atoms with van der Waals surface area (Å²) in [4.78, 5) is 61.8. The summed E-state index contributed by atoms with van der Waals surface area (Å²) in [6.45, 7) is 12.8. The van der Waals surface area contributed by atoms with Gasteiger partial charge in [-0.3, -0.25) is 24.1 Å². The molecule has 0 spiro atoms. The number of thiazole rings is 1. The number of esters is 1. The van der Waals surface area contributed by atoms with E-state index in [1.807, 2.05) is 65.1 Å². The number of piperidine rings is 1. The molecule has 11 nitrogen and oxygen atoms in total. The number of nitrogens with one attached hydrogen (secondary N) is 2. The van der Waals surface area contributed by atoms with Gasteiger partial charge < -0.3 is 26.0 Å². The summed E-state index contributed by atoms with van der Waals surface area (Å²) < 4.78 is 5.80. The molecule has 3 amide bonds. The number of nitrogens with two attached hydrogens (primary N) is 1. The van der Waals surface area contributed by atoms with E-state index in [1.54, 1.807) is 17.3 Å². The van der Waals surface area contributed by atoms with E-state index in [1.165, 1.54) is 18.3 Å². The minimum Gasteiger partial charge on any atom is -0.455 e. The number of nitrogens with zero attached hydrogens (tertiary/aromatic N) is 3. The molecule has 3 rings (SSSR count). The van der Waals surface area contributed by atoms with Crippen LogP contribution in [0, 0.1) is 17.8 Å². The van der Waals surface area contributed by atoms with Gasteiger partial charge >= 0.3 is 5.97 Å². The summed E-state index contributed by atoms with van der Waals surface area (Å²) in [6.07, 6.45) is 4.42. The number of aromatic nitrogens is 1. The first-order valence-corrected chi connectivity index (χ1v) is 19.1. The van der Waals surface area contributed by atoms with Gasteiger partial charge in [-0.25, -0.2) is 4.98 Å². The molecule has 1 aromatic carbocycles. The largest absolute Gasteiger partial charge is 0.455 e. The quantitative estimate of drug-likeness (QED) is 0.184. The van der Waals surface area contributed by atoms with Crippen molar-refractivity contribution >= 4 is 35.0 Å². The fraction of sp³-hybridized carbons (Fsp3) is 0.658. The Morgan fingerprint density at radius 3 is 2.38 bits per heavy atom. The molecule has 1 aromatic heterocycles. The summed E-state index contributed by atoms with van der Waals surface area (Å²) in [7, 11) is 3.71. The lowest BCUT2D eigenvalue weighted by Gasteiger charge is -2.38. The Bertz CT molecular complexity index is 1390. The smallest absolute Gasteiger partial charge is 0.303 e. The normalized spacial score (nSPS) is 18.7. The van der Waals surface area contributed by atoms with Crippen molar-refractivity contribution < 1.29 is 23.9 Å². The molecule has 0 bridgehead atoms. The number of carbonyl (C=O) groups excluding carboxylic acids is 4. The molecular formula is C38H60N6O5S. The van der Waals surface area contributed by atoms with E-state index in [9.17, 15) is 19.2 Å². The van der Waals surface area contributed by atoms with Crippen molar-refractivity contribution in [2.24, 2.45) is 23.5 Å². The van der Waals surface area contributed by atoms with Crippen LogP contribution in [-0.4, -0.2) is 89.8 Å². The van der Waals surface area contributed by atoms with Crippen LogP contribution in [0.25, 0.3) is 0 Å². The van der Waals surface area contributed by atoms with Crippen molar-refractivity contribution in [3.8, 4) is 0 Å². The number of benzene rings is 1. The van der Waals surface area contributed by atoms with Crippen molar-refractivity contribution in [1.29, 1.82) is 0 Å². The molecule has 0 aliphatic carbocycles. The third-order valence-corrected chi connectivity index (χ3v) is 10.9. The Morgan fingerprint density at radius 1 is 1.08 bits per heavy atom. The first-order valence-electron chi connectivity index (χ1n) is 18.2. The van der Waals surface area contributed by atoms with E-state index < -0.39 is 18.1 Å². The van der Waals surface area contributed by atoms with Crippen LogP contribution in [0.3, 0.4) is 0 Å². The second-order valence-corrected chi connectivity index (χ2v) is 15.4. The highest BCUT2D eigenvalue weighted by molar-refractivity contribution is 7.09. The first-order chi connectivity index (χ1) is 23.7. The van der Waals surface area contributed by atoms with Crippen LogP contribution in [-0.2, 0) is 25.5 Å². The molecule has 278 valence electrons. The summed E-state index contributed by atoms with van der Waals surface area (Å²) in [6, 6.07) is 8.58.